The van der Waals surface area contributed by atoms with E-state index in [0.717, 1.165) is 18.2 Å². The second-order valence-electron chi connectivity index (χ2n) is 4.11. The number of methoxy groups -OCH3 is 1. The summed E-state index contributed by atoms with van der Waals surface area (Å²) in [5.74, 6) is -1.11. The van der Waals surface area contributed by atoms with Gasteiger partial charge in [0.25, 0.3) is 5.91 Å². The number of anilines is 1. The molecule has 2 aromatic carbocycles. The van der Waals surface area contributed by atoms with Crippen LogP contribution in [0.5, 0.6) is 11.5 Å². The first-order chi connectivity index (χ1) is 10.1. The van der Waals surface area contributed by atoms with Gasteiger partial charge < -0.3 is 14.8 Å². The quantitative estimate of drug-likeness (QED) is 0.922. The summed E-state index contributed by atoms with van der Waals surface area (Å²) in [4.78, 5) is 11.7. The largest absolute Gasteiger partial charge is 0.493 e. The zero-order chi connectivity index (χ0) is 15.2. The van der Waals surface area contributed by atoms with Gasteiger partial charge in [0.05, 0.1) is 12.8 Å². The van der Waals surface area contributed by atoms with Gasteiger partial charge in [0.1, 0.15) is 11.6 Å². The molecular weight excluding hydrogens is 280 g/mol. The van der Waals surface area contributed by atoms with Crippen LogP contribution in [0.3, 0.4) is 0 Å². The summed E-state index contributed by atoms with van der Waals surface area (Å²) < 4.78 is 36.7. The molecule has 0 aromatic heterocycles. The number of ether oxygens (including phenoxy) is 2. The van der Waals surface area contributed by atoms with Crippen molar-refractivity contribution in [1.82, 2.24) is 0 Å². The minimum atomic E-state index is -0.720. The minimum absolute atomic E-state index is 0.233. The van der Waals surface area contributed by atoms with Gasteiger partial charge in [0.15, 0.2) is 18.1 Å². The third-order valence-corrected chi connectivity index (χ3v) is 2.63. The molecule has 2 aromatic rings. The summed E-state index contributed by atoms with van der Waals surface area (Å²) in [5, 5.41) is 2.24. The molecule has 2 rings (SSSR count). The Morgan fingerprint density at radius 2 is 1.86 bits per heavy atom. The summed E-state index contributed by atoms with van der Waals surface area (Å²) in [7, 11) is 1.48. The highest BCUT2D eigenvalue weighted by Gasteiger charge is 2.10. The lowest BCUT2D eigenvalue weighted by molar-refractivity contribution is -0.118. The number of rotatable bonds is 5. The molecule has 0 radical (unpaired) electrons. The summed E-state index contributed by atoms with van der Waals surface area (Å²) in [6.45, 7) is -0.351. The molecule has 0 saturated heterocycles. The van der Waals surface area contributed by atoms with Crippen LogP contribution in [0.4, 0.5) is 14.5 Å². The maximum absolute atomic E-state index is 13.4. The van der Waals surface area contributed by atoms with Crippen LogP contribution in [-0.4, -0.2) is 19.6 Å². The van der Waals surface area contributed by atoms with Crippen molar-refractivity contribution in [1.29, 1.82) is 0 Å². The fraction of sp³-hybridized carbons (Fsp3) is 0.133. The molecule has 4 nitrogen and oxygen atoms in total. The lowest BCUT2D eigenvalue weighted by Gasteiger charge is -2.10. The zero-order valence-electron chi connectivity index (χ0n) is 11.2. The molecular formula is C15H13F2NO3. The number of carbonyl (C=O) groups excluding carboxylic acids is 1. The number of hydrogen-bond donors (Lipinski definition) is 1. The third kappa shape index (κ3) is 3.92. The van der Waals surface area contributed by atoms with E-state index in [1.807, 2.05) is 0 Å². The first-order valence-corrected chi connectivity index (χ1v) is 6.11. The predicted molar refractivity (Wildman–Crippen MR) is 73.5 cm³/mol. The fourth-order valence-corrected chi connectivity index (χ4v) is 1.66. The van der Waals surface area contributed by atoms with Gasteiger partial charge in [-0.3, -0.25) is 4.79 Å². The minimum Gasteiger partial charge on any atom is -0.493 e. The smallest absolute Gasteiger partial charge is 0.262 e. The van der Waals surface area contributed by atoms with Gasteiger partial charge in [0.2, 0.25) is 0 Å². The molecule has 0 aliphatic heterocycles. The topological polar surface area (TPSA) is 47.6 Å². The number of halogens is 2. The Kier molecular flexibility index (Phi) is 4.71. The summed E-state index contributed by atoms with van der Waals surface area (Å²) in [6, 6.07) is 9.60. The van der Waals surface area contributed by atoms with E-state index in [1.165, 1.54) is 7.11 Å². The Balaban J connectivity index is 1.97. The van der Waals surface area contributed by atoms with Gasteiger partial charge in [-0.05, 0) is 24.3 Å². The molecule has 110 valence electrons. The van der Waals surface area contributed by atoms with Crippen molar-refractivity contribution in [3.8, 4) is 11.5 Å². The van der Waals surface area contributed by atoms with Crippen LogP contribution >= 0.6 is 0 Å². The van der Waals surface area contributed by atoms with Crippen molar-refractivity contribution in [2.24, 2.45) is 0 Å². The maximum atomic E-state index is 13.4. The summed E-state index contributed by atoms with van der Waals surface area (Å²) >= 11 is 0. The van der Waals surface area contributed by atoms with Crippen LogP contribution < -0.4 is 14.8 Å². The molecule has 0 aliphatic rings. The molecule has 0 bridgehead atoms. The van der Waals surface area contributed by atoms with E-state index in [2.05, 4.69) is 5.32 Å². The second-order valence-corrected chi connectivity index (χ2v) is 4.11. The normalized spacial score (nSPS) is 10.0. The van der Waals surface area contributed by atoms with Crippen LogP contribution in [0.1, 0.15) is 0 Å². The highest BCUT2D eigenvalue weighted by atomic mass is 19.1. The fourth-order valence-electron chi connectivity index (χ4n) is 1.66. The molecule has 6 heteroatoms. The molecule has 0 unspecified atom stereocenters. The van der Waals surface area contributed by atoms with E-state index >= 15 is 0 Å². The number of amides is 1. The van der Waals surface area contributed by atoms with Gasteiger partial charge in [0, 0.05) is 6.07 Å². The number of benzene rings is 2. The van der Waals surface area contributed by atoms with Crippen molar-refractivity contribution in [3.63, 3.8) is 0 Å². The van der Waals surface area contributed by atoms with Gasteiger partial charge in [-0.2, -0.15) is 0 Å². The van der Waals surface area contributed by atoms with E-state index in [4.69, 9.17) is 9.47 Å². The molecule has 0 saturated carbocycles. The summed E-state index contributed by atoms with van der Waals surface area (Å²) in [6.07, 6.45) is 0. The Morgan fingerprint density at radius 3 is 2.57 bits per heavy atom. The molecule has 0 spiro atoms. The SMILES string of the molecule is COc1ccccc1OCC(=O)Nc1cc(F)ccc1F. The van der Waals surface area contributed by atoms with Crippen molar-refractivity contribution < 1.29 is 23.0 Å². The van der Waals surface area contributed by atoms with E-state index in [9.17, 15) is 13.6 Å². The average molecular weight is 293 g/mol. The Bertz CT molecular complexity index is 647. The van der Waals surface area contributed by atoms with E-state index in [0.29, 0.717) is 11.5 Å². The highest BCUT2D eigenvalue weighted by Crippen LogP contribution is 2.25. The van der Waals surface area contributed by atoms with Gasteiger partial charge in [-0.15, -0.1) is 0 Å². The lowest BCUT2D eigenvalue weighted by Crippen LogP contribution is -2.21. The van der Waals surface area contributed by atoms with Crippen LogP contribution in [0.2, 0.25) is 0 Å². The molecule has 21 heavy (non-hydrogen) atoms. The summed E-state index contributed by atoms with van der Waals surface area (Å²) in [5.41, 5.74) is -0.233. The van der Waals surface area contributed by atoms with E-state index in [-0.39, 0.29) is 12.3 Å². The maximum Gasteiger partial charge on any atom is 0.262 e. The first-order valence-electron chi connectivity index (χ1n) is 6.11. The van der Waals surface area contributed by atoms with Gasteiger partial charge in [-0.1, -0.05) is 12.1 Å². The molecule has 0 heterocycles. The van der Waals surface area contributed by atoms with Gasteiger partial charge in [-0.25, -0.2) is 8.78 Å². The lowest BCUT2D eigenvalue weighted by atomic mass is 10.3. The standard InChI is InChI=1S/C15H13F2NO3/c1-20-13-4-2-3-5-14(13)21-9-15(19)18-12-8-10(16)6-7-11(12)17/h2-8H,9H2,1H3,(H,18,19). The average Bonchev–Trinajstić information content (AvgIpc) is 2.49. The van der Waals surface area contributed by atoms with Crippen LogP contribution in [0, 0.1) is 11.6 Å². The molecule has 0 aliphatic carbocycles. The monoisotopic (exact) mass is 293 g/mol. The highest BCUT2D eigenvalue weighted by molar-refractivity contribution is 5.92. The Hall–Kier alpha value is -2.63. The van der Waals surface area contributed by atoms with Crippen LogP contribution in [0.15, 0.2) is 42.5 Å². The first kappa shape index (κ1) is 14.8. The van der Waals surface area contributed by atoms with E-state index < -0.39 is 17.5 Å². The molecule has 1 N–H and O–H groups in total. The van der Waals surface area contributed by atoms with Crippen molar-refractivity contribution in [2.45, 2.75) is 0 Å². The predicted octanol–water partition coefficient (Wildman–Crippen LogP) is 2.99. The van der Waals surface area contributed by atoms with Crippen LogP contribution in [0.25, 0.3) is 0 Å². The number of nitrogens with one attached hydrogen (secondary N) is 1. The Morgan fingerprint density at radius 1 is 1.14 bits per heavy atom. The molecule has 0 atom stereocenters. The molecule has 0 fully saturated rings. The van der Waals surface area contributed by atoms with Gasteiger partial charge >= 0.3 is 0 Å². The van der Waals surface area contributed by atoms with Crippen LogP contribution in [-0.2, 0) is 4.79 Å². The Labute approximate surface area is 120 Å². The van der Waals surface area contributed by atoms with Crippen molar-refractivity contribution in [3.05, 3.63) is 54.1 Å². The second kappa shape index (κ2) is 6.69. The van der Waals surface area contributed by atoms with Crippen molar-refractivity contribution in [2.75, 3.05) is 19.0 Å². The number of para-hydroxylation sites is 2. The number of hydrogen-bond acceptors (Lipinski definition) is 3. The molecule has 1 amide bonds. The van der Waals surface area contributed by atoms with Crippen molar-refractivity contribution >= 4 is 11.6 Å². The number of carbonyl (C=O) groups is 1. The zero-order valence-corrected chi connectivity index (χ0v) is 11.2. The third-order valence-electron chi connectivity index (χ3n) is 2.63. The van der Waals surface area contributed by atoms with E-state index in [1.54, 1.807) is 24.3 Å².